The third-order valence-electron chi connectivity index (χ3n) is 3.01. The van der Waals surface area contributed by atoms with Crippen LogP contribution < -0.4 is 5.73 Å². The number of hydrogen-bond acceptors (Lipinski definition) is 3. The van der Waals surface area contributed by atoms with Crippen molar-refractivity contribution in [2.75, 3.05) is 0 Å². The lowest BCUT2D eigenvalue weighted by atomic mass is 10.0. The molecule has 4 nitrogen and oxygen atoms in total. The van der Waals surface area contributed by atoms with Gasteiger partial charge in [0.2, 0.25) is 0 Å². The van der Waals surface area contributed by atoms with E-state index in [2.05, 4.69) is 15.9 Å². The summed E-state index contributed by atoms with van der Waals surface area (Å²) in [5, 5.41) is 10.7. The highest BCUT2D eigenvalue weighted by Gasteiger charge is 2.37. The second-order valence-corrected chi connectivity index (χ2v) is 5.26. The monoisotopic (exact) mass is 284 g/mol. The molecule has 0 amide bonds. The van der Waals surface area contributed by atoms with Crippen molar-refractivity contribution in [2.45, 2.75) is 31.2 Å². The molecule has 1 aliphatic rings. The van der Waals surface area contributed by atoms with Gasteiger partial charge >= 0.3 is 0 Å². The molecule has 1 aromatic rings. The Morgan fingerprint density at radius 3 is 2.75 bits per heavy atom. The van der Waals surface area contributed by atoms with Crippen LogP contribution in [0.3, 0.4) is 0 Å². The van der Waals surface area contributed by atoms with Crippen LogP contribution in [0.4, 0.5) is 5.69 Å². The molecular weight excluding hydrogens is 272 g/mol. The average molecular weight is 285 g/mol. The fourth-order valence-electron chi connectivity index (χ4n) is 1.66. The molecule has 1 saturated carbocycles. The van der Waals surface area contributed by atoms with Crippen LogP contribution in [0.5, 0.6) is 0 Å². The zero-order valence-corrected chi connectivity index (χ0v) is 10.4. The van der Waals surface area contributed by atoms with E-state index in [1.165, 1.54) is 0 Å². The fraction of sp³-hybridized carbons (Fsp3) is 0.455. The summed E-state index contributed by atoms with van der Waals surface area (Å²) >= 11 is 3.17. The second kappa shape index (κ2) is 4.14. The zero-order valence-electron chi connectivity index (χ0n) is 8.78. The Hall–Kier alpha value is -0.940. The van der Waals surface area contributed by atoms with E-state index in [4.69, 9.17) is 5.73 Å². The normalized spacial score (nSPS) is 17.1. The van der Waals surface area contributed by atoms with Crippen LogP contribution in [-0.4, -0.2) is 10.5 Å². The smallest absolute Gasteiger partial charge is 0.283 e. The van der Waals surface area contributed by atoms with Gasteiger partial charge in [-0.05, 0) is 53.2 Å². The standard InChI is InChI=1S/C11H13BrN2O2/c12-9-2-1-8(7-10(9)14(15)16)3-4-11(13)5-6-11/h1-2,7H,3-6,13H2. The molecule has 16 heavy (non-hydrogen) atoms. The molecule has 1 aliphatic carbocycles. The zero-order chi connectivity index (χ0) is 11.8. The van der Waals surface area contributed by atoms with Crippen LogP contribution in [0.1, 0.15) is 24.8 Å². The van der Waals surface area contributed by atoms with Gasteiger partial charge in [-0.2, -0.15) is 0 Å². The topological polar surface area (TPSA) is 69.2 Å². The van der Waals surface area contributed by atoms with E-state index in [-0.39, 0.29) is 16.1 Å². The van der Waals surface area contributed by atoms with E-state index in [0.29, 0.717) is 4.47 Å². The van der Waals surface area contributed by atoms with Gasteiger partial charge in [-0.25, -0.2) is 0 Å². The third-order valence-corrected chi connectivity index (χ3v) is 3.68. The molecule has 0 aliphatic heterocycles. The molecule has 86 valence electrons. The largest absolute Gasteiger partial charge is 0.325 e. The molecule has 2 N–H and O–H groups in total. The predicted molar refractivity (Wildman–Crippen MR) is 65.3 cm³/mol. The Kier molecular flexibility index (Phi) is 2.99. The van der Waals surface area contributed by atoms with E-state index in [1.54, 1.807) is 12.1 Å². The number of nitrogens with zero attached hydrogens (tertiary/aromatic N) is 1. The molecule has 0 atom stereocenters. The molecule has 5 heteroatoms. The second-order valence-electron chi connectivity index (χ2n) is 4.41. The van der Waals surface area contributed by atoms with Gasteiger partial charge in [0, 0.05) is 11.6 Å². The Morgan fingerprint density at radius 2 is 2.19 bits per heavy atom. The van der Waals surface area contributed by atoms with Gasteiger partial charge in [0.25, 0.3) is 5.69 Å². The fourth-order valence-corrected chi connectivity index (χ4v) is 2.05. The number of aryl methyl sites for hydroxylation is 1. The summed E-state index contributed by atoms with van der Waals surface area (Å²) in [7, 11) is 0. The molecular formula is C11H13BrN2O2. The van der Waals surface area contributed by atoms with Crippen molar-refractivity contribution in [3.8, 4) is 0 Å². The molecule has 0 radical (unpaired) electrons. The van der Waals surface area contributed by atoms with Gasteiger partial charge in [0.05, 0.1) is 9.40 Å². The highest BCUT2D eigenvalue weighted by molar-refractivity contribution is 9.10. The van der Waals surface area contributed by atoms with Crippen molar-refractivity contribution in [2.24, 2.45) is 5.73 Å². The summed E-state index contributed by atoms with van der Waals surface area (Å²) in [6, 6.07) is 5.25. The van der Waals surface area contributed by atoms with Crippen LogP contribution >= 0.6 is 15.9 Å². The lowest BCUT2D eigenvalue weighted by Gasteiger charge is -2.08. The van der Waals surface area contributed by atoms with E-state index >= 15 is 0 Å². The van der Waals surface area contributed by atoms with Crippen LogP contribution in [0.15, 0.2) is 22.7 Å². The SMILES string of the molecule is NC1(CCc2ccc(Br)c([N+](=O)[O-])c2)CC1. The summed E-state index contributed by atoms with van der Waals surface area (Å²) in [6.45, 7) is 0. The summed E-state index contributed by atoms with van der Waals surface area (Å²) in [5.74, 6) is 0. The molecule has 0 aromatic heterocycles. The number of nitro groups is 1. The van der Waals surface area contributed by atoms with E-state index in [9.17, 15) is 10.1 Å². The lowest BCUT2D eigenvalue weighted by molar-refractivity contribution is -0.385. The summed E-state index contributed by atoms with van der Waals surface area (Å²) in [6.07, 6.45) is 3.87. The summed E-state index contributed by atoms with van der Waals surface area (Å²) in [5.41, 5.74) is 7.08. The summed E-state index contributed by atoms with van der Waals surface area (Å²) < 4.78 is 0.523. The van der Waals surface area contributed by atoms with Crippen molar-refractivity contribution in [3.05, 3.63) is 38.3 Å². The van der Waals surface area contributed by atoms with E-state index in [0.717, 1.165) is 31.2 Å². The van der Waals surface area contributed by atoms with E-state index < -0.39 is 0 Å². The quantitative estimate of drug-likeness (QED) is 0.683. The maximum Gasteiger partial charge on any atom is 0.283 e. The summed E-state index contributed by atoms with van der Waals surface area (Å²) in [4.78, 5) is 10.4. The van der Waals surface area contributed by atoms with Crippen molar-refractivity contribution in [3.63, 3.8) is 0 Å². The maximum atomic E-state index is 10.7. The Bertz CT molecular complexity index is 430. The van der Waals surface area contributed by atoms with Crippen molar-refractivity contribution >= 4 is 21.6 Å². The first-order chi connectivity index (χ1) is 7.50. The average Bonchev–Trinajstić information content (AvgIpc) is 2.96. The highest BCUT2D eigenvalue weighted by Crippen LogP contribution is 2.37. The van der Waals surface area contributed by atoms with Crippen LogP contribution in [0, 0.1) is 10.1 Å². The predicted octanol–water partition coefficient (Wildman–Crippen LogP) is 2.78. The molecule has 0 heterocycles. The minimum Gasteiger partial charge on any atom is -0.325 e. The number of benzene rings is 1. The molecule has 1 aromatic carbocycles. The first-order valence-electron chi connectivity index (χ1n) is 5.22. The molecule has 0 saturated heterocycles. The minimum atomic E-state index is -0.372. The van der Waals surface area contributed by atoms with Gasteiger partial charge < -0.3 is 5.73 Å². The minimum absolute atomic E-state index is 0.00184. The van der Waals surface area contributed by atoms with Gasteiger partial charge in [-0.15, -0.1) is 0 Å². The first kappa shape index (κ1) is 11.5. The van der Waals surface area contributed by atoms with Crippen molar-refractivity contribution in [1.29, 1.82) is 0 Å². The van der Waals surface area contributed by atoms with Gasteiger partial charge in [-0.1, -0.05) is 6.07 Å². The number of nitrogens with two attached hydrogens (primary N) is 1. The van der Waals surface area contributed by atoms with Gasteiger partial charge in [-0.3, -0.25) is 10.1 Å². The number of nitro benzene ring substituents is 1. The first-order valence-corrected chi connectivity index (χ1v) is 6.01. The Labute approximate surface area is 102 Å². The van der Waals surface area contributed by atoms with Crippen LogP contribution in [0.25, 0.3) is 0 Å². The number of hydrogen-bond donors (Lipinski definition) is 1. The van der Waals surface area contributed by atoms with Gasteiger partial charge in [0.1, 0.15) is 0 Å². The molecule has 2 rings (SSSR count). The van der Waals surface area contributed by atoms with Crippen molar-refractivity contribution in [1.82, 2.24) is 0 Å². The van der Waals surface area contributed by atoms with Crippen LogP contribution in [0.2, 0.25) is 0 Å². The molecule has 1 fully saturated rings. The molecule has 0 spiro atoms. The van der Waals surface area contributed by atoms with Gasteiger partial charge in [0.15, 0.2) is 0 Å². The molecule has 0 bridgehead atoms. The lowest BCUT2D eigenvalue weighted by Crippen LogP contribution is -2.22. The van der Waals surface area contributed by atoms with Crippen LogP contribution in [-0.2, 0) is 6.42 Å². The highest BCUT2D eigenvalue weighted by atomic mass is 79.9. The van der Waals surface area contributed by atoms with E-state index in [1.807, 2.05) is 6.07 Å². The maximum absolute atomic E-state index is 10.7. The van der Waals surface area contributed by atoms with Crippen molar-refractivity contribution < 1.29 is 4.92 Å². The Balaban J connectivity index is 2.09. The number of halogens is 1. The third kappa shape index (κ3) is 2.59. The Morgan fingerprint density at radius 1 is 1.50 bits per heavy atom. The number of rotatable bonds is 4. The molecule has 0 unspecified atom stereocenters.